The molecule has 0 bridgehead atoms. The maximum absolute atomic E-state index is 12.0. The van der Waals surface area contributed by atoms with Crippen molar-refractivity contribution in [1.29, 1.82) is 0 Å². The molecule has 0 aliphatic heterocycles. The molecule has 102 valence electrons. The van der Waals surface area contributed by atoms with Crippen molar-refractivity contribution in [2.45, 2.75) is 19.6 Å². The topological polar surface area (TPSA) is 82.2 Å². The number of aliphatic hydroxyl groups is 1. The minimum atomic E-state index is -0.779. The lowest BCUT2D eigenvalue weighted by molar-refractivity contribution is 0.0308. The Labute approximate surface area is 110 Å². The van der Waals surface area contributed by atoms with E-state index in [2.05, 4.69) is 10.4 Å². The highest BCUT2D eigenvalue weighted by molar-refractivity contribution is 5.28. The Morgan fingerprint density at radius 2 is 2.05 bits per heavy atom. The van der Waals surface area contributed by atoms with Crippen LogP contribution in [-0.4, -0.2) is 44.2 Å². The van der Waals surface area contributed by atoms with Crippen molar-refractivity contribution in [1.82, 2.24) is 19.8 Å². The van der Waals surface area contributed by atoms with Gasteiger partial charge in [0.1, 0.15) is 0 Å². The lowest BCUT2D eigenvalue weighted by Gasteiger charge is -2.08. The van der Waals surface area contributed by atoms with Crippen LogP contribution in [-0.2, 0) is 11.3 Å². The highest BCUT2D eigenvalue weighted by Gasteiger charge is 2.12. The van der Waals surface area contributed by atoms with Gasteiger partial charge in [0.05, 0.1) is 24.9 Å². The second kappa shape index (κ2) is 6.26. The first-order chi connectivity index (χ1) is 9.22. The van der Waals surface area contributed by atoms with Crippen LogP contribution in [0.5, 0.6) is 0 Å². The predicted molar refractivity (Wildman–Crippen MR) is 68.1 cm³/mol. The molecule has 1 N–H and O–H groups in total. The van der Waals surface area contributed by atoms with Gasteiger partial charge in [-0.05, 0) is 29.5 Å². The summed E-state index contributed by atoms with van der Waals surface area (Å²) in [6.45, 7) is 2.58. The number of hydrogen-bond acceptors (Lipinski definition) is 5. The summed E-state index contributed by atoms with van der Waals surface area (Å²) >= 11 is 0. The van der Waals surface area contributed by atoms with Gasteiger partial charge in [0.2, 0.25) is 0 Å². The first-order valence-electron chi connectivity index (χ1n) is 6.06. The van der Waals surface area contributed by atoms with Crippen LogP contribution in [0.2, 0.25) is 0 Å². The van der Waals surface area contributed by atoms with Crippen LogP contribution in [0.25, 0.3) is 5.69 Å². The summed E-state index contributed by atoms with van der Waals surface area (Å²) in [7, 11) is 0. The molecule has 1 heterocycles. The second-order valence-electron chi connectivity index (χ2n) is 4.00. The lowest BCUT2D eigenvalue weighted by atomic mass is 10.3. The summed E-state index contributed by atoms with van der Waals surface area (Å²) in [6.07, 6.45) is -0.779. The van der Waals surface area contributed by atoms with Crippen LogP contribution in [0.15, 0.2) is 35.1 Å². The number of nitrogens with zero attached hydrogens (tertiary/aromatic N) is 4. The molecule has 0 saturated heterocycles. The number of ether oxygens (including phenoxy) is 1. The number of tetrazole rings is 1. The zero-order chi connectivity index (χ0) is 13.7. The molecule has 7 nitrogen and oxygen atoms in total. The monoisotopic (exact) mass is 264 g/mol. The fraction of sp³-hybridized carbons (Fsp3) is 0.417. The van der Waals surface area contributed by atoms with Crippen molar-refractivity contribution < 1.29 is 9.84 Å². The van der Waals surface area contributed by atoms with E-state index in [1.165, 1.54) is 4.68 Å². The van der Waals surface area contributed by atoms with Gasteiger partial charge in [-0.25, -0.2) is 4.79 Å². The SMILES string of the molecule is CCOCC(O)Cn1nnn(-c2ccccc2)c1=O. The Balaban J connectivity index is 2.13. The minimum absolute atomic E-state index is 0.0612. The molecule has 1 unspecified atom stereocenters. The molecule has 0 radical (unpaired) electrons. The van der Waals surface area contributed by atoms with E-state index in [1.54, 1.807) is 12.1 Å². The molecule has 2 rings (SSSR count). The fourth-order valence-corrected chi connectivity index (χ4v) is 1.63. The largest absolute Gasteiger partial charge is 0.389 e. The molecule has 0 saturated carbocycles. The summed E-state index contributed by atoms with van der Waals surface area (Å²) < 4.78 is 7.39. The molecular formula is C12H16N4O3. The van der Waals surface area contributed by atoms with E-state index in [0.29, 0.717) is 12.3 Å². The third kappa shape index (κ3) is 3.27. The molecule has 7 heteroatoms. The van der Waals surface area contributed by atoms with Gasteiger partial charge in [-0.15, -0.1) is 0 Å². The van der Waals surface area contributed by atoms with Crippen LogP contribution in [0, 0.1) is 0 Å². The van der Waals surface area contributed by atoms with Crippen molar-refractivity contribution in [2.24, 2.45) is 0 Å². The predicted octanol–water partition coefficient (Wildman–Crippen LogP) is -0.174. The van der Waals surface area contributed by atoms with Crippen LogP contribution >= 0.6 is 0 Å². The number of rotatable bonds is 6. The molecule has 1 atom stereocenters. The molecule has 1 aromatic heterocycles. The Hall–Kier alpha value is -1.99. The number of benzene rings is 1. The van der Waals surface area contributed by atoms with E-state index in [1.807, 2.05) is 25.1 Å². The van der Waals surface area contributed by atoms with Crippen molar-refractivity contribution in [3.63, 3.8) is 0 Å². The van der Waals surface area contributed by atoms with E-state index in [-0.39, 0.29) is 18.8 Å². The number of hydrogen-bond donors (Lipinski definition) is 1. The molecule has 0 fully saturated rings. The Morgan fingerprint density at radius 1 is 1.32 bits per heavy atom. The fourth-order valence-electron chi connectivity index (χ4n) is 1.63. The van der Waals surface area contributed by atoms with E-state index in [9.17, 15) is 9.90 Å². The van der Waals surface area contributed by atoms with Crippen molar-refractivity contribution in [2.75, 3.05) is 13.2 Å². The van der Waals surface area contributed by atoms with Gasteiger partial charge in [-0.1, -0.05) is 18.2 Å². The second-order valence-corrected chi connectivity index (χ2v) is 4.00. The van der Waals surface area contributed by atoms with Crippen molar-refractivity contribution in [3.05, 3.63) is 40.8 Å². The molecular weight excluding hydrogens is 248 g/mol. The number of aliphatic hydroxyl groups excluding tert-OH is 1. The van der Waals surface area contributed by atoms with Crippen LogP contribution in [0.4, 0.5) is 0 Å². The molecule has 0 spiro atoms. The normalized spacial score (nSPS) is 12.5. The molecule has 2 aromatic rings. The Kier molecular flexibility index (Phi) is 4.43. The minimum Gasteiger partial charge on any atom is -0.389 e. The third-order valence-electron chi connectivity index (χ3n) is 2.54. The maximum atomic E-state index is 12.0. The van der Waals surface area contributed by atoms with E-state index in [0.717, 1.165) is 4.68 Å². The van der Waals surface area contributed by atoms with Crippen molar-refractivity contribution in [3.8, 4) is 5.69 Å². The molecule has 1 aromatic carbocycles. The summed E-state index contributed by atoms with van der Waals surface area (Å²) in [6, 6.07) is 8.99. The molecule has 0 amide bonds. The van der Waals surface area contributed by atoms with Gasteiger partial charge in [0.25, 0.3) is 0 Å². The smallest absolute Gasteiger partial charge is 0.368 e. The van der Waals surface area contributed by atoms with Gasteiger partial charge in [-0.3, -0.25) is 0 Å². The quantitative estimate of drug-likeness (QED) is 0.783. The third-order valence-corrected chi connectivity index (χ3v) is 2.54. The zero-order valence-corrected chi connectivity index (χ0v) is 10.6. The number of para-hydroxylation sites is 1. The van der Waals surface area contributed by atoms with Gasteiger partial charge in [0.15, 0.2) is 0 Å². The van der Waals surface area contributed by atoms with Gasteiger partial charge >= 0.3 is 5.69 Å². The molecule has 0 aliphatic rings. The highest BCUT2D eigenvalue weighted by atomic mass is 16.5. The summed E-state index contributed by atoms with van der Waals surface area (Å²) in [5.41, 5.74) is 0.250. The summed E-state index contributed by atoms with van der Waals surface area (Å²) in [5.74, 6) is 0. The summed E-state index contributed by atoms with van der Waals surface area (Å²) in [4.78, 5) is 12.0. The molecule has 0 aliphatic carbocycles. The number of aromatic nitrogens is 4. The van der Waals surface area contributed by atoms with Gasteiger partial charge in [0, 0.05) is 6.61 Å². The van der Waals surface area contributed by atoms with Crippen LogP contribution < -0.4 is 5.69 Å². The lowest BCUT2D eigenvalue weighted by Crippen LogP contribution is -2.31. The summed E-state index contributed by atoms with van der Waals surface area (Å²) in [5, 5.41) is 17.2. The average Bonchev–Trinajstić information content (AvgIpc) is 2.79. The van der Waals surface area contributed by atoms with Crippen molar-refractivity contribution >= 4 is 0 Å². The standard InChI is InChI=1S/C12H16N4O3/c1-2-19-9-11(17)8-15-12(18)16(14-13-15)10-6-4-3-5-7-10/h3-7,11,17H,2,8-9H2,1H3. The molecule has 19 heavy (non-hydrogen) atoms. The van der Waals surface area contributed by atoms with E-state index < -0.39 is 6.10 Å². The van der Waals surface area contributed by atoms with Gasteiger partial charge < -0.3 is 9.84 Å². The van der Waals surface area contributed by atoms with E-state index in [4.69, 9.17) is 4.74 Å². The first kappa shape index (κ1) is 13.4. The van der Waals surface area contributed by atoms with Gasteiger partial charge in [-0.2, -0.15) is 9.36 Å². The average molecular weight is 264 g/mol. The highest BCUT2D eigenvalue weighted by Crippen LogP contribution is 2.00. The van der Waals surface area contributed by atoms with Crippen LogP contribution in [0.1, 0.15) is 6.92 Å². The zero-order valence-electron chi connectivity index (χ0n) is 10.6. The maximum Gasteiger partial charge on any atom is 0.368 e. The van der Waals surface area contributed by atoms with E-state index >= 15 is 0 Å². The van der Waals surface area contributed by atoms with Crippen LogP contribution in [0.3, 0.4) is 0 Å². The first-order valence-corrected chi connectivity index (χ1v) is 6.06. The Bertz CT molecular complexity index is 564. The Morgan fingerprint density at radius 3 is 2.74 bits per heavy atom.